The monoisotopic (exact) mass is 450 g/mol. The molecule has 0 saturated carbocycles. The Bertz CT molecular complexity index is 1020. The van der Waals surface area contributed by atoms with E-state index in [1.807, 2.05) is 0 Å². The number of rotatable bonds is 6. The van der Waals surface area contributed by atoms with Crippen LogP contribution < -0.4 is 20.3 Å². The first kappa shape index (κ1) is 23.1. The van der Waals surface area contributed by atoms with Crippen molar-refractivity contribution < 1.29 is 32.2 Å². The van der Waals surface area contributed by atoms with E-state index in [9.17, 15) is 22.8 Å². The number of carbonyl (C=O) groups excluding carboxylic acids is 2. The minimum absolute atomic E-state index is 0.00279. The molecule has 0 fully saturated rings. The molecule has 2 heterocycles. The third-order valence-electron chi connectivity index (χ3n) is 4.48. The van der Waals surface area contributed by atoms with Crippen molar-refractivity contribution in [1.82, 2.24) is 10.3 Å². The molecule has 8 nitrogen and oxygen atoms in total. The molecule has 1 aromatic heterocycles. The van der Waals surface area contributed by atoms with Crippen LogP contribution in [0, 0.1) is 0 Å². The molecule has 0 radical (unpaired) electrons. The molecule has 3 rings (SSSR count). The van der Waals surface area contributed by atoms with Gasteiger partial charge in [-0.15, -0.1) is 0 Å². The summed E-state index contributed by atoms with van der Waals surface area (Å²) in [7, 11) is 1.40. The van der Waals surface area contributed by atoms with Gasteiger partial charge in [-0.1, -0.05) is 18.7 Å². The minimum atomic E-state index is -4.47. The number of ether oxygens (including phenoxy) is 2. The van der Waals surface area contributed by atoms with Crippen LogP contribution in [0.5, 0.6) is 5.75 Å². The molecule has 2 N–H and O–H groups in total. The molecular formula is C21H21F3N4O4. The van der Waals surface area contributed by atoms with Gasteiger partial charge in [0.05, 0.1) is 35.9 Å². The van der Waals surface area contributed by atoms with Gasteiger partial charge in [-0.2, -0.15) is 13.2 Å². The Morgan fingerprint density at radius 1 is 1.34 bits per heavy atom. The molecule has 1 aliphatic rings. The van der Waals surface area contributed by atoms with Gasteiger partial charge in [0.1, 0.15) is 12.3 Å². The second-order valence-electron chi connectivity index (χ2n) is 7.06. The molecular weight excluding hydrogens is 429 g/mol. The lowest BCUT2D eigenvalue weighted by atomic mass is 10.1. The molecule has 0 bridgehead atoms. The smallest absolute Gasteiger partial charge is 0.416 e. The maximum Gasteiger partial charge on any atom is 0.416 e. The number of hydrogen-bond donors (Lipinski definition) is 2. The van der Waals surface area contributed by atoms with Crippen molar-refractivity contribution in [3.63, 3.8) is 0 Å². The number of alkyl halides is 3. The highest BCUT2D eigenvalue weighted by Gasteiger charge is 2.32. The number of amides is 3. The number of carbonyl (C=O) groups is 2. The number of pyridine rings is 1. The summed E-state index contributed by atoms with van der Waals surface area (Å²) in [5, 5.41) is 5.31. The number of anilines is 2. The van der Waals surface area contributed by atoms with Gasteiger partial charge in [-0.3, -0.25) is 9.69 Å². The van der Waals surface area contributed by atoms with E-state index >= 15 is 0 Å². The molecule has 1 aromatic carbocycles. The van der Waals surface area contributed by atoms with Crippen molar-refractivity contribution in [1.29, 1.82) is 0 Å². The number of halogens is 3. The van der Waals surface area contributed by atoms with Gasteiger partial charge < -0.3 is 20.1 Å². The molecule has 170 valence electrons. The molecule has 0 saturated heterocycles. The summed E-state index contributed by atoms with van der Waals surface area (Å²) in [6.07, 6.45) is -3.09. The van der Waals surface area contributed by atoms with Crippen LogP contribution in [0.25, 0.3) is 0 Å². The van der Waals surface area contributed by atoms with Crippen LogP contribution in [0.1, 0.15) is 24.1 Å². The number of urea groups is 1. The quantitative estimate of drug-likeness (QED) is 0.652. The van der Waals surface area contributed by atoms with Crippen molar-refractivity contribution in [3.8, 4) is 5.75 Å². The fraction of sp³-hybridized carbons (Fsp3) is 0.286. The summed E-state index contributed by atoms with van der Waals surface area (Å²) in [4.78, 5) is 30.4. The average Bonchev–Trinajstić information content (AvgIpc) is 2.71. The Hall–Kier alpha value is -3.60. The topological polar surface area (TPSA) is 92.8 Å². The summed E-state index contributed by atoms with van der Waals surface area (Å²) in [5.74, 6) is 0.503. The zero-order chi connectivity index (χ0) is 23.5. The van der Waals surface area contributed by atoms with E-state index in [4.69, 9.17) is 9.47 Å². The van der Waals surface area contributed by atoms with Crippen molar-refractivity contribution in [2.45, 2.75) is 19.1 Å². The zero-order valence-corrected chi connectivity index (χ0v) is 17.3. The number of benzene rings is 1. The Morgan fingerprint density at radius 3 is 2.62 bits per heavy atom. The van der Waals surface area contributed by atoms with Gasteiger partial charge in [-0.05, 0) is 24.6 Å². The summed E-state index contributed by atoms with van der Waals surface area (Å²) in [6.45, 7) is 4.99. The van der Waals surface area contributed by atoms with Crippen LogP contribution in [0.15, 0.2) is 48.9 Å². The summed E-state index contributed by atoms with van der Waals surface area (Å²) in [6, 6.07) is 4.48. The number of nitrogens with zero attached hydrogens (tertiary/aromatic N) is 2. The van der Waals surface area contributed by atoms with Crippen LogP contribution in [-0.2, 0) is 15.7 Å². The van der Waals surface area contributed by atoms with E-state index in [-0.39, 0.29) is 24.7 Å². The number of aromatic nitrogens is 1. The molecule has 32 heavy (non-hydrogen) atoms. The van der Waals surface area contributed by atoms with Crippen LogP contribution in [0.2, 0.25) is 0 Å². The largest absolute Gasteiger partial charge is 0.461 e. The number of methoxy groups -OCH3 is 1. The third-order valence-corrected chi connectivity index (χ3v) is 4.48. The first-order valence-electron chi connectivity index (χ1n) is 9.46. The molecule has 11 heteroatoms. The summed E-state index contributed by atoms with van der Waals surface area (Å²) in [5.41, 5.74) is -0.122. The van der Waals surface area contributed by atoms with Crippen LogP contribution in [0.3, 0.4) is 0 Å². The second kappa shape index (κ2) is 9.27. The molecule has 1 unspecified atom stereocenters. The summed E-state index contributed by atoms with van der Waals surface area (Å²) >= 11 is 0. The standard InChI is InChI=1S/C21H21F3N4O4/c1-12(2)32-15-8-16-19(25-9-15)28(10-18(29)26-16)20(30)27-17(11-31-3)13-4-6-14(7-5-13)21(22,23)24/h4-9,17H,1,10-11H2,2-3H3,(H,26,29)(H,27,30). The first-order valence-corrected chi connectivity index (χ1v) is 9.46. The maximum atomic E-state index is 13.0. The number of allylic oxidation sites excluding steroid dienone is 1. The van der Waals surface area contributed by atoms with Crippen LogP contribution >= 0.6 is 0 Å². The first-order chi connectivity index (χ1) is 15.1. The van der Waals surface area contributed by atoms with E-state index in [1.54, 1.807) is 6.92 Å². The van der Waals surface area contributed by atoms with Crippen LogP contribution in [0.4, 0.5) is 29.5 Å². The lowest BCUT2D eigenvalue weighted by Crippen LogP contribution is -2.49. The van der Waals surface area contributed by atoms with Gasteiger partial charge >= 0.3 is 12.2 Å². The van der Waals surface area contributed by atoms with Gasteiger partial charge in [0.25, 0.3) is 0 Å². The van der Waals surface area contributed by atoms with Crippen LogP contribution in [-0.4, -0.2) is 37.2 Å². The van der Waals surface area contributed by atoms with Crippen molar-refractivity contribution in [2.75, 3.05) is 30.5 Å². The van der Waals surface area contributed by atoms with E-state index in [0.29, 0.717) is 17.1 Å². The predicted octanol–water partition coefficient (Wildman–Crippen LogP) is 3.87. The van der Waals surface area contributed by atoms with Crippen molar-refractivity contribution in [2.24, 2.45) is 0 Å². The molecule has 0 aliphatic carbocycles. The maximum absolute atomic E-state index is 13.0. The average molecular weight is 450 g/mol. The number of hydrogen-bond acceptors (Lipinski definition) is 5. The van der Waals surface area contributed by atoms with E-state index in [1.165, 1.54) is 31.5 Å². The van der Waals surface area contributed by atoms with E-state index in [2.05, 4.69) is 22.2 Å². The van der Waals surface area contributed by atoms with Gasteiger partial charge in [0, 0.05) is 13.2 Å². The van der Waals surface area contributed by atoms with E-state index < -0.39 is 29.7 Å². The molecule has 1 aliphatic heterocycles. The number of nitrogens with one attached hydrogen (secondary N) is 2. The summed E-state index contributed by atoms with van der Waals surface area (Å²) < 4.78 is 49.0. The minimum Gasteiger partial charge on any atom is -0.461 e. The Balaban J connectivity index is 1.83. The highest BCUT2D eigenvalue weighted by Crippen LogP contribution is 2.32. The lowest BCUT2D eigenvalue weighted by Gasteiger charge is -2.30. The lowest BCUT2D eigenvalue weighted by molar-refractivity contribution is -0.137. The normalized spacial score (nSPS) is 14.3. The number of fused-ring (bicyclic) bond motifs is 1. The van der Waals surface area contributed by atoms with Gasteiger partial charge in [0.2, 0.25) is 5.91 Å². The highest BCUT2D eigenvalue weighted by atomic mass is 19.4. The Morgan fingerprint density at radius 2 is 2.03 bits per heavy atom. The Kier molecular flexibility index (Phi) is 6.68. The molecule has 0 spiro atoms. The predicted molar refractivity (Wildman–Crippen MR) is 110 cm³/mol. The molecule has 2 aromatic rings. The molecule has 1 atom stereocenters. The van der Waals surface area contributed by atoms with Crippen molar-refractivity contribution in [3.05, 3.63) is 60.0 Å². The molecule has 3 amide bonds. The fourth-order valence-electron chi connectivity index (χ4n) is 3.10. The fourth-order valence-corrected chi connectivity index (χ4v) is 3.10. The van der Waals surface area contributed by atoms with Gasteiger partial charge in [0.15, 0.2) is 5.82 Å². The Labute approximate surface area is 182 Å². The van der Waals surface area contributed by atoms with Crippen molar-refractivity contribution >= 4 is 23.4 Å². The van der Waals surface area contributed by atoms with Gasteiger partial charge in [-0.25, -0.2) is 9.78 Å². The SMILES string of the molecule is C=C(C)Oc1cnc2c(c1)NC(=O)CN2C(=O)NC(COC)c1ccc(C(F)(F)F)cc1. The third kappa shape index (κ3) is 5.35. The zero-order valence-electron chi connectivity index (χ0n) is 17.3. The van der Waals surface area contributed by atoms with E-state index in [0.717, 1.165) is 17.0 Å². The second-order valence-corrected chi connectivity index (χ2v) is 7.06. The highest BCUT2D eigenvalue weighted by molar-refractivity contribution is 6.08.